The molecule has 0 radical (unpaired) electrons. The van der Waals surface area contributed by atoms with Crippen LogP contribution in [0.3, 0.4) is 0 Å². The van der Waals surface area contributed by atoms with Crippen LogP contribution in [0.5, 0.6) is 0 Å². The predicted molar refractivity (Wildman–Crippen MR) is 21.8 cm³/mol. The van der Waals surface area contributed by atoms with Gasteiger partial charge in [0.25, 0.3) is 0 Å². The molecule has 0 aromatic carbocycles. The van der Waals surface area contributed by atoms with Crippen molar-refractivity contribution in [3.63, 3.8) is 0 Å². The van der Waals surface area contributed by atoms with Crippen LogP contribution < -0.4 is 0 Å². The van der Waals surface area contributed by atoms with Crippen LogP contribution in [-0.4, -0.2) is 0 Å². The van der Waals surface area contributed by atoms with Crippen LogP contribution in [0.15, 0.2) is 0 Å². The van der Waals surface area contributed by atoms with Crippen molar-refractivity contribution >= 4 is 14.2 Å². The molecule has 0 aliphatic heterocycles. The molecule has 0 heterocycles. The molecule has 0 fully saturated rings. The van der Waals surface area contributed by atoms with E-state index in [2.05, 4.69) is 27.9 Å². The van der Waals surface area contributed by atoms with Crippen LogP contribution in [-0.2, 0) is 13.7 Å². The van der Waals surface area contributed by atoms with Gasteiger partial charge in [-0.2, -0.15) is 0 Å². The molecule has 0 atom stereocenters. The van der Waals surface area contributed by atoms with E-state index in [1.807, 2.05) is 0 Å². The molecule has 0 rings (SSSR count). The molecule has 0 aromatic heterocycles. The third-order valence-corrected chi connectivity index (χ3v) is 0. The minimum atomic E-state index is 0. The molecule has 0 N–H and O–H groups in total. The molecule has 2 heteroatoms. The fourth-order valence-electron chi connectivity index (χ4n) is 0. The summed E-state index contributed by atoms with van der Waals surface area (Å²) in [6.07, 6.45) is 0. The van der Waals surface area contributed by atoms with E-state index >= 15 is 0 Å². The van der Waals surface area contributed by atoms with Gasteiger partial charge in [0.1, 0.15) is 0 Å². The molecule has 33 valence electrons. The van der Waals surface area contributed by atoms with E-state index in [0.717, 1.165) is 0 Å². The summed E-state index contributed by atoms with van der Waals surface area (Å²) in [7, 11) is 0. The summed E-state index contributed by atoms with van der Waals surface area (Å²) in [5.74, 6) is 0. The Labute approximate surface area is 43.1 Å². The Morgan fingerprint density at radius 3 is 1.00 bits per heavy atom. The van der Waals surface area contributed by atoms with Crippen molar-refractivity contribution in [3.8, 4) is 0 Å². The molecule has 4 heavy (non-hydrogen) atoms. The van der Waals surface area contributed by atoms with Gasteiger partial charge in [0.2, 0.25) is 0 Å². The summed E-state index contributed by atoms with van der Waals surface area (Å²) in [5.41, 5.74) is 0. The molecule has 0 saturated carbocycles. The van der Waals surface area contributed by atoms with E-state index in [9.17, 15) is 0 Å². The molecule has 0 amide bonds. The predicted octanol–water partition coefficient (Wildman–Crippen LogP) is 1.74. The van der Waals surface area contributed by atoms with Gasteiger partial charge < -0.3 is 14.9 Å². The second-order valence-corrected chi connectivity index (χ2v) is 0. The van der Waals surface area contributed by atoms with Crippen molar-refractivity contribution in [2.75, 3.05) is 0 Å². The molecule has 0 saturated heterocycles. The van der Waals surface area contributed by atoms with Crippen LogP contribution >= 0.6 is 14.2 Å². The van der Waals surface area contributed by atoms with Gasteiger partial charge in [0.05, 0.1) is 0 Å². The third kappa shape index (κ3) is 12.2. The average molecular weight is 169 g/mol. The van der Waals surface area contributed by atoms with Gasteiger partial charge >= 0.3 is 27.9 Å². The van der Waals surface area contributed by atoms with Crippen molar-refractivity contribution in [2.24, 2.45) is 0 Å². The zero-order valence-corrected chi connectivity index (χ0v) is 5.27. The second kappa shape index (κ2) is 37.1. The van der Waals surface area contributed by atoms with E-state index < -0.39 is 0 Å². The van der Waals surface area contributed by atoms with Crippen molar-refractivity contribution < 1.29 is 13.7 Å². The molecule has 0 spiro atoms. The topological polar surface area (TPSA) is 0 Å². The van der Waals surface area contributed by atoms with E-state index in [1.165, 1.54) is 0 Å². The van der Waals surface area contributed by atoms with E-state index in [1.54, 1.807) is 0 Å². The molecule has 0 aromatic rings. The van der Waals surface area contributed by atoms with Crippen molar-refractivity contribution in [2.45, 2.75) is 0 Å². The summed E-state index contributed by atoms with van der Waals surface area (Å²) in [5, 5.41) is 0. The third-order valence-electron chi connectivity index (χ3n) is 0. The summed E-state index contributed by atoms with van der Waals surface area (Å²) < 4.78 is 0. The van der Waals surface area contributed by atoms with Crippen LogP contribution in [0.25, 0.3) is 0 Å². The Balaban J connectivity index is -0.00000000500. The monoisotopic (exact) mass is 167 g/mol. The van der Waals surface area contributed by atoms with E-state index in [4.69, 9.17) is 0 Å². The average Bonchev–Trinajstić information content (AvgIpc) is 1.00. The Hall–Kier alpha value is 0.974. The molecule has 0 nitrogen and oxygen atoms in total. The van der Waals surface area contributed by atoms with Crippen LogP contribution in [0.4, 0.5) is 0 Å². The Morgan fingerprint density at radius 2 is 1.00 bits per heavy atom. The standard InChI is InChI=1S/2CH3.BrH.Ni/h2*1H3;1H;/q2*-1;;+1/p-1. The Kier molecular flexibility index (Phi) is 187. The Bertz CT molecular complexity index is 6.00. The summed E-state index contributed by atoms with van der Waals surface area (Å²) in [4.78, 5) is 0. The van der Waals surface area contributed by atoms with Crippen LogP contribution in [0.1, 0.15) is 0 Å². The Morgan fingerprint density at radius 1 is 1.00 bits per heavy atom. The minimum absolute atomic E-state index is 0. The van der Waals surface area contributed by atoms with Crippen molar-refractivity contribution in [1.29, 1.82) is 0 Å². The van der Waals surface area contributed by atoms with Gasteiger partial charge in [0.15, 0.2) is 0 Å². The maximum atomic E-state index is 3.69. The normalized spacial score (nSPS) is 1.75. The summed E-state index contributed by atoms with van der Waals surface area (Å²) >= 11 is 6.25. The van der Waals surface area contributed by atoms with Gasteiger partial charge in [-0.1, -0.05) is 0 Å². The quantitative estimate of drug-likeness (QED) is 0.382. The van der Waals surface area contributed by atoms with Crippen molar-refractivity contribution in [3.05, 3.63) is 14.9 Å². The van der Waals surface area contributed by atoms with Gasteiger partial charge in [0, 0.05) is 0 Å². The van der Waals surface area contributed by atoms with Gasteiger partial charge in [-0.05, 0) is 0 Å². The zero-order valence-electron chi connectivity index (χ0n) is 2.69. The summed E-state index contributed by atoms with van der Waals surface area (Å²) in [6, 6.07) is 0. The van der Waals surface area contributed by atoms with Crippen LogP contribution in [0.2, 0.25) is 0 Å². The second-order valence-electron chi connectivity index (χ2n) is 0. The molecule has 0 aliphatic rings. The van der Waals surface area contributed by atoms with E-state index in [0.29, 0.717) is 0 Å². The van der Waals surface area contributed by atoms with E-state index in [-0.39, 0.29) is 14.9 Å². The SMILES string of the molecule is [CH3-].[CH3-].[Ni][Br]. The molecular weight excluding hydrogens is 163 g/mol. The van der Waals surface area contributed by atoms with Crippen LogP contribution in [0, 0.1) is 14.9 Å². The first-order chi connectivity index (χ1) is 1.00. The fraction of sp³-hybridized carbons (Fsp3) is 0. The van der Waals surface area contributed by atoms with Gasteiger partial charge in [-0.15, -0.1) is 0 Å². The first kappa shape index (κ1) is 20.2. The number of hydrogen-bond acceptors (Lipinski definition) is 0. The first-order valence-corrected chi connectivity index (χ1v) is 2.56. The molecular formula is C2H6BrNi-2. The van der Waals surface area contributed by atoms with Gasteiger partial charge in [-0.3, -0.25) is 0 Å². The number of hydrogen-bond donors (Lipinski definition) is 0. The zero-order chi connectivity index (χ0) is 2.00. The molecule has 0 bridgehead atoms. The fourth-order valence-corrected chi connectivity index (χ4v) is 0. The molecule has 0 unspecified atom stereocenters. The van der Waals surface area contributed by atoms with Gasteiger partial charge in [-0.25, -0.2) is 0 Å². The summed E-state index contributed by atoms with van der Waals surface area (Å²) in [6.45, 7) is 0. The number of rotatable bonds is 0. The number of halogens is 1. The first-order valence-electron chi connectivity index (χ1n) is 0.120. The molecule has 0 aliphatic carbocycles. The van der Waals surface area contributed by atoms with Crippen molar-refractivity contribution in [1.82, 2.24) is 0 Å². The maximum absolute atomic E-state index is 3.69.